The molecule has 124 valence electrons. The van der Waals surface area contributed by atoms with Gasteiger partial charge >= 0.3 is 0 Å². The summed E-state index contributed by atoms with van der Waals surface area (Å²) in [5.41, 5.74) is 1.76. The number of aromatic nitrogens is 4. The smallest absolute Gasteiger partial charge is 0.226 e. The molecule has 8 heteroatoms. The highest BCUT2D eigenvalue weighted by Crippen LogP contribution is 2.20. The van der Waals surface area contributed by atoms with Gasteiger partial charge in [-0.1, -0.05) is 41.9 Å². The average Bonchev–Trinajstić information content (AvgIpc) is 3.10. The van der Waals surface area contributed by atoms with Crippen LogP contribution in [0.4, 0.5) is 5.69 Å². The molecule has 3 rings (SSSR count). The molecule has 1 aromatic heterocycles. The summed E-state index contributed by atoms with van der Waals surface area (Å²) in [7, 11) is 0. The first-order valence-corrected chi connectivity index (χ1v) is 7.86. The molecule has 0 bridgehead atoms. The molecule has 0 spiro atoms. The second-order valence-electron chi connectivity index (χ2n) is 5.18. The van der Waals surface area contributed by atoms with Gasteiger partial charge in [0, 0.05) is 17.7 Å². The molecular weight excluding hydrogens is 340 g/mol. The second-order valence-corrected chi connectivity index (χ2v) is 5.59. The van der Waals surface area contributed by atoms with E-state index < -0.39 is 0 Å². The van der Waals surface area contributed by atoms with E-state index in [1.165, 1.54) is 4.80 Å². The van der Waals surface area contributed by atoms with E-state index in [1.807, 2.05) is 36.4 Å². The van der Waals surface area contributed by atoms with Crippen LogP contribution in [0, 0.1) is 11.3 Å². The number of nitrogens with one attached hydrogen (secondary N) is 1. The van der Waals surface area contributed by atoms with E-state index in [1.54, 1.807) is 18.2 Å². The van der Waals surface area contributed by atoms with Crippen molar-refractivity contribution in [2.24, 2.45) is 0 Å². The standard InChI is InChI=1S/C17H13ClN6O/c18-15-10-14(7-6-13(15)11-19)20-16(25)8-9-24-22-17(21-23-24)12-4-2-1-3-5-12/h1-7,10H,8-9H2,(H,20,25). The molecule has 0 radical (unpaired) electrons. The highest BCUT2D eigenvalue weighted by atomic mass is 35.5. The molecule has 25 heavy (non-hydrogen) atoms. The van der Waals surface area contributed by atoms with Crippen molar-refractivity contribution in [2.45, 2.75) is 13.0 Å². The Kier molecular flexibility index (Phi) is 5.02. The number of carbonyl (C=O) groups excluding carboxylic acids is 1. The monoisotopic (exact) mass is 352 g/mol. The van der Waals surface area contributed by atoms with Gasteiger partial charge in [0.05, 0.1) is 17.1 Å². The van der Waals surface area contributed by atoms with Gasteiger partial charge < -0.3 is 5.32 Å². The van der Waals surface area contributed by atoms with Crippen LogP contribution in [0.3, 0.4) is 0 Å². The predicted molar refractivity (Wildman–Crippen MR) is 92.7 cm³/mol. The maximum Gasteiger partial charge on any atom is 0.226 e. The minimum atomic E-state index is -0.209. The van der Waals surface area contributed by atoms with Gasteiger partial charge in [-0.25, -0.2) is 0 Å². The van der Waals surface area contributed by atoms with Gasteiger partial charge in [-0.3, -0.25) is 4.79 Å². The van der Waals surface area contributed by atoms with Crippen molar-refractivity contribution in [1.29, 1.82) is 5.26 Å². The first kappa shape index (κ1) is 16.6. The summed E-state index contributed by atoms with van der Waals surface area (Å²) in [4.78, 5) is 13.4. The summed E-state index contributed by atoms with van der Waals surface area (Å²) >= 11 is 5.94. The van der Waals surface area contributed by atoms with E-state index in [9.17, 15) is 4.79 Å². The number of hydrogen-bond donors (Lipinski definition) is 1. The van der Waals surface area contributed by atoms with Gasteiger partial charge in [0.15, 0.2) is 0 Å². The summed E-state index contributed by atoms with van der Waals surface area (Å²) in [5, 5.41) is 24.0. The Morgan fingerprint density at radius 3 is 2.76 bits per heavy atom. The number of carbonyl (C=O) groups is 1. The van der Waals surface area contributed by atoms with Crippen LogP contribution in [0.15, 0.2) is 48.5 Å². The number of aryl methyl sites for hydroxylation is 1. The fourth-order valence-corrected chi connectivity index (χ4v) is 2.37. The number of anilines is 1. The molecule has 0 aliphatic carbocycles. The van der Waals surface area contributed by atoms with Crippen molar-refractivity contribution in [3.63, 3.8) is 0 Å². The number of benzene rings is 2. The minimum absolute atomic E-state index is 0.183. The summed E-state index contributed by atoms with van der Waals surface area (Å²) in [5.74, 6) is 0.305. The van der Waals surface area contributed by atoms with E-state index in [2.05, 4.69) is 20.7 Å². The predicted octanol–water partition coefficient (Wildman–Crippen LogP) is 2.89. The maximum absolute atomic E-state index is 12.0. The lowest BCUT2D eigenvalue weighted by atomic mass is 10.2. The zero-order valence-electron chi connectivity index (χ0n) is 13.1. The Balaban J connectivity index is 1.57. The number of tetrazole rings is 1. The Morgan fingerprint density at radius 1 is 1.24 bits per heavy atom. The number of nitrogens with zero attached hydrogens (tertiary/aromatic N) is 5. The SMILES string of the molecule is N#Cc1ccc(NC(=O)CCn2nnc(-c3ccccc3)n2)cc1Cl. The summed E-state index contributed by atoms with van der Waals surface area (Å²) in [6, 6.07) is 16.2. The molecule has 0 atom stereocenters. The number of rotatable bonds is 5. The van der Waals surface area contributed by atoms with Gasteiger partial charge in [0.1, 0.15) is 6.07 Å². The van der Waals surface area contributed by atoms with Crippen LogP contribution in [-0.4, -0.2) is 26.1 Å². The maximum atomic E-state index is 12.0. The van der Waals surface area contributed by atoms with Crippen LogP contribution >= 0.6 is 11.6 Å². The molecule has 1 amide bonds. The van der Waals surface area contributed by atoms with E-state index in [4.69, 9.17) is 16.9 Å². The lowest BCUT2D eigenvalue weighted by Crippen LogP contribution is -2.15. The van der Waals surface area contributed by atoms with Crippen molar-refractivity contribution in [3.05, 3.63) is 59.1 Å². The van der Waals surface area contributed by atoms with Gasteiger partial charge in [0.2, 0.25) is 11.7 Å². The molecule has 1 N–H and O–H groups in total. The second kappa shape index (κ2) is 7.55. The Hall–Kier alpha value is -3.24. The van der Waals surface area contributed by atoms with E-state index >= 15 is 0 Å². The highest BCUT2D eigenvalue weighted by molar-refractivity contribution is 6.32. The molecule has 1 heterocycles. The number of nitriles is 1. The third kappa shape index (κ3) is 4.19. The minimum Gasteiger partial charge on any atom is -0.326 e. The van der Waals surface area contributed by atoms with E-state index in [-0.39, 0.29) is 12.3 Å². The Bertz CT molecular complexity index is 932. The third-order valence-corrected chi connectivity index (χ3v) is 3.71. The fraction of sp³-hybridized carbons (Fsp3) is 0.118. The van der Waals surface area contributed by atoms with Gasteiger partial charge in [-0.05, 0) is 23.4 Å². The van der Waals surface area contributed by atoms with Crippen molar-refractivity contribution in [3.8, 4) is 17.5 Å². The summed E-state index contributed by atoms with van der Waals surface area (Å²) in [6.45, 7) is 0.301. The Morgan fingerprint density at radius 2 is 2.04 bits per heavy atom. The molecule has 7 nitrogen and oxygen atoms in total. The van der Waals surface area contributed by atoms with Gasteiger partial charge in [0.25, 0.3) is 0 Å². The highest BCUT2D eigenvalue weighted by Gasteiger charge is 2.09. The number of halogens is 1. The van der Waals surface area contributed by atoms with Crippen LogP contribution in [-0.2, 0) is 11.3 Å². The van der Waals surface area contributed by atoms with Crippen LogP contribution < -0.4 is 5.32 Å². The summed E-state index contributed by atoms with van der Waals surface area (Å²) < 4.78 is 0. The Labute approximate surface area is 148 Å². The molecule has 2 aromatic carbocycles. The van der Waals surface area contributed by atoms with Crippen LogP contribution in [0.25, 0.3) is 11.4 Å². The van der Waals surface area contributed by atoms with Crippen molar-refractivity contribution < 1.29 is 4.79 Å². The van der Waals surface area contributed by atoms with Crippen LogP contribution in [0.1, 0.15) is 12.0 Å². The molecule has 3 aromatic rings. The zero-order valence-corrected chi connectivity index (χ0v) is 13.8. The fourth-order valence-electron chi connectivity index (χ4n) is 2.15. The van der Waals surface area contributed by atoms with Crippen molar-refractivity contribution >= 4 is 23.2 Å². The van der Waals surface area contributed by atoms with Crippen LogP contribution in [0.2, 0.25) is 5.02 Å². The van der Waals surface area contributed by atoms with Crippen molar-refractivity contribution in [1.82, 2.24) is 20.2 Å². The van der Waals surface area contributed by atoms with Gasteiger partial charge in [-0.15, -0.1) is 10.2 Å². The lowest BCUT2D eigenvalue weighted by Gasteiger charge is -2.05. The topological polar surface area (TPSA) is 96.5 Å². The van der Waals surface area contributed by atoms with Gasteiger partial charge in [-0.2, -0.15) is 10.1 Å². The first-order chi connectivity index (χ1) is 12.2. The molecule has 0 saturated carbocycles. The lowest BCUT2D eigenvalue weighted by molar-refractivity contribution is -0.116. The molecule has 0 aliphatic rings. The molecule has 0 aliphatic heterocycles. The first-order valence-electron chi connectivity index (χ1n) is 7.48. The zero-order chi connectivity index (χ0) is 17.6. The van der Waals surface area contributed by atoms with E-state index in [0.29, 0.717) is 28.6 Å². The normalized spacial score (nSPS) is 10.2. The summed E-state index contributed by atoms with van der Waals surface area (Å²) in [6.07, 6.45) is 0.183. The quantitative estimate of drug-likeness (QED) is 0.761. The molecule has 0 fully saturated rings. The van der Waals surface area contributed by atoms with E-state index in [0.717, 1.165) is 5.56 Å². The molecule has 0 unspecified atom stereocenters. The third-order valence-electron chi connectivity index (χ3n) is 3.40. The largest absolute Gasteiger partial charge is 0.326 e. The van der Waals surface area contributed by atoms with Crippen molar-refractivity contribution in [2.75, 3.05) is 5.32 Å². The molecule has 0 saturated heterocycles. The average molecular weight is 353 g/mol. The van der Waals surface area contributed by atoms with Crippen LogP contribution in [0.5, 0.6) is 0 Å². The number of hydrogen-bond acceptors (Lipinski definition) is 5. The molecular formula is C17H13ClN6O. The number of amides is 1.